The zero-order chi connectivity index (χ0) is 14.5. The van der Waals surface area contributed by atoms with E-state index in [2.05, 4.69) is 48.1 Å². The third kappa shape index (κ3) is 4.91. The predicted molar refractivity (Wildman–Crippen MR) is 83.7 cm³/mol. The van der Waals surface area contributed by atoms with Gasteiger partial charge < -0.3 is 16.0 Å². The van der Waals surface area contributed by atoms with Gasteiger partial charge in [-0.05, 0) is 52.1 Å². The van der Waals surface area contributed by atoms with Crippen molar-refractivity contribution in [3.63, 3.8) is 0 Å². The molecule has 0 saturated carbocycles. The van der Waals surface area contributed by atoms with Gasteiger partial charge in [-0.1, -0.05) is 19.1 Å². The van der Waals surface area contributed by atoms with Gasteiger partial charge in [0.2, 0.25) is 0 Å². The van der Waals surface area contributed by atoms with Crippen LogP contribution in [0, 0.1) is 0 Å². The zero-order valence-corrected chi connectivity index (χ0v) is 12.7. The van der Waals surface area contributed by atoms with Crippen molar-refractivity contribution in [1.82, 2.24) is 4.90 Å². The molecule has 3 N–H and O–H groups in total. The minimum Gasteiger partial charge on any atom is -0.370 e. The van der Waals surface area contributed by atoms with E-state index >= 15 is 0 Å². The standard InChI is InChI=1S/C15H26N4/c1-6-12-8-7-9-13(10-12)18-14(16)17-11-15(2,3)19(4)5/h7-10H,6,11H2,1-5H3,(H3,16,17,18). The summed E-state index contributed by atoms with van der Waals surface area (Å²) in [6.07, 6.45) is 1.01. The Balaban J connectivity index is 2.66. The summed E-state index contributed by atoms with van der Waals surface area (Å²) >= 11 is 0. The lowest BCUT2D eigenvalue weighted by molar-refractivity contribution is 0.205. The van der Waals surface area contributed by atoms with Gasteiger partial charge in [-0.2, -0.15) is 0 Å². The molecule has 0 aliphatic heterocycles. The van der Waals surface area contributed by atoms with Crippen molar-refractivity contribution >= 4 is 11.6 Å². The second kappa shape index (κ2) is 6.57. The van der Waals surface area contributed by atoms with Crippen molar-refractivity contribution < 1.29 is 0 Å². The minimum absolute atomic E-state index is 0.00241. The second-order valence-corrected chi connectivity index (χ2v) is 5.59. The Morgan fingerprint density at radius 3 is 2.63 bits per heavy atom. The zero-order valence-electron chi connectivity index (χ0n) is 12.7. The lowest BCUT2D eigenvalue weighted by Gasteiger charge is -2.30. The number of likely N-dealkylation sites (N-methyl/N-ethyl adjacent to an activating group) is 1. The molecular formula is C15H26N4. The third-order valence-corrected chi connectivity index (χ3v) is 3.45. The molecule has 1 aromatic rings. The number of aliphatic imine (C=N–C) groups is 1. The van der Waals surface area contributed by atoms with Gasteiger partial charge in [0, 0.05) is 11.2 Å². The monoisotopic (exact) mass is 262 g/mol. The Morgan fingerprint density at radius 2 is 2.05 bits per heavy atom. The maximum Gasteiger partial charge on any atom is 0.193 e. The van der Waals surface area contributed by atoms with E-state index in [0.717, 1.165) is 12.1 Å². The Morgan fingerprint density at radius 1 is 1.37 bits per heavy atom. The van der Waals surface area contributed by atoms with E-state index in [-0.39, 0.29) is 5.54 Å². The minimum atomic E-state index is -0.00241. The first-order valence-corrected chi connectivity index (χ1v) is 6.68. The Kier molecular flexibility index (Phi) is 5.36. The summed E-state index contributed by atoms with van der Waals surface area (Å²) < 4.78 is 0. The lowest BCUT2D eigenvalue weighted by atomic mass is 10.1. The van der Waals surface area contributed by atoms with E-state index in [4.69, 9.17) is 5.73 Å². The summed E-state index contributed by atoms with van der Waals surface area (Å²) in [5, 5.41) is 3.14. The number of nitrogens with one attached hydrogen (secondary N) is 1. The van der Waals surface area contributed by atoms with Gasteiger partial charge in [0.25, 0.3) is 0 Å². The molecule has 0 atom stereocenters. The summed E-state index contributed by atoms with van der Waals surface area (Å²) in [7, 11) is 4.09. The van der Waals surface area contributed by atoms with Gasteiger partial charge >= 0.3 is 0 Å². The van der Waals surface area contributed by atoms with Crippen molar-refractivity contribution in [2.75, 3.05) is 26.0 Å². The molecule has 4 nitrogen and oxygen atoms in total. The highest BCUT2D eigenvalue weighted by Crippen LogP contribution is 2.12. The van der Waals surface area contributed by atoms with Crippen LogP contribution in [0.25, 0.3) is 0 Å². The fraction of sp³-hybridized carbons (Fsp3) is 0.533. The number of aryl methyl sites for hydroxylation is 1. The molecule has 0 amide bonds. The quantitative estimate of drug-likeness (QED) is 0.632. The molecule has 4 heteroatoms. The number of nitrogens with two attached hydrogens (primary N) is 1. The van der Waals surface area contributed by atoms with Crippen LogP contribution in [0.3, 0.4) is 0 Å². The van der Waals surface area contributed by atoms with Gasteiger partial charge in [-0.25, -0.2) is 0 Å². The molecule has 0 aromatic heterocycles. The van der Waals surface area contributed by atoms with Gasteiger partial charge in [-0.15, -0.1) is 0 Å². The van der Waals surface area contributed by atoms with Crippen LogP contribution in [0.5, 0.6) is 0 Å². The molecular weight excluding hydrogens is 236 g/mol. The molecule has 1 aromatic carbocycles. The van der Waals surface area contributed by atoms with E-state index in [9.17, 15) is 0 Å². The van der Waals surface area contributed by atoms with E-state index in [0.29, 0.717) is 12.5 Å². The number of hydrogen-bond donors (Lipinski definition) is 2. The molecule has 0 radical (unpaired) electrons. The highest BCUT2D eigenvalue weighted by Gasteiger charge is 2.19. The molecule has 0 saturated heterocycles. The Labute approximate surface area is 116 Å². The van der Waals surface area contributed by atoms with Crippen LogP contribution in [0.15, 0.2) is 29.3 Å². The van der Waals surface area contributed by atoms with Crippen molar-refractivity contribution in [1.29, 1.82) is 0 Å². The number of hydrogen-bond acceptors (Lipinski definition) is 2. The van der Waals surface area contributed by atoms with E-state index in [1.54, 1.807) is 0 Å². The number of anilines is 1. The van der Waals surface area contributed by atoms with Crippen molar-refractivity contribution in [2.24, 2.45) is 10.7 Å². The van der Waals surface area contributed by atoms with Gasteiger partial charge in [0.1, 0.15) is 0 Å². The molecule has 0 heterocycles. The number of nitrogens with zero attached hydrogens (tertiary/aromatic N) is 2. The first-order chi connectivity index (χ1) is 8.85. The van der Waals surface area contributed by atoms with Crippen molar-refractivity contribution in [3.05, 3.63) is 29.8 Å². The summed E-state index contributed by atoms with van der Waals surface area (Å²) in [6, 6.07) is 8.23. The number of guanidine groups is 1. The van der Waals surface area contributed by atoms with Crippen LogP contribution in [0.1, 0.15) is 26.3 Å². The predicted octanol–water partition coefficient (Wildman–Crippen LogP) is 2.32. The first-order valence-electron chi connectivity index (χ1n) is 6.68. The molecule has 0 bridgehead atoms. The average molecular weight is 262 g/mol. The van der Waals surface area contributed by atoms with Crippen LogP contribution < -0.4 is 11.1 Å². The fourth-order valence-corrected chi connectivity index (χ4v) is 1.48. The molecule has 106 valence electrons. The van der Waals surface area contributed by atoms with E-state index in [1.165, 1.54) is 5.56 Å². The third-order valence-electron chi connectivity index (χ3n) is 3.45. The molecule has 0 spiro atoms. The summed E-state index contributed by atoms with van der Waals surface area (Å²) in [6.45, 7) is 7.07. The maximum atomic E-state index is 5.92. The summed E-state index contributed by atoms with van der Waals surface area (Å²) in [5.41, 5.74) is 8.20. The topological polar surface area (TPSA) is 53.6 Å². The lowest BCUT2D eigenvalue weighted by Crippen LogP contribution is -2.41. The maximum absolute atomic E-state index is 5.92. The molecule has 19 heavy (non-hydrogen) atoms. The number of rotatable bonds is 5. The normalized spacial score (nSPS) is 12.8. The average Bonchev–Trinajstić information content (AvgIpc) is 2.36. The van der Waals surface area contributed by atoms with Crippen molar-refractivity contribution in [2.45, 2.75) is 32.7 Å². The van der Waals surface area contributed by atoms with Gasteiger partial charge in [0.05, 0.1) is 6.54 Å². The van der Waals surface area contributed by atoms with Crippen LogP contribution >= 0.6 is 0 Å². The number of benzene rings is 1. The SMILES string of the molecule is CCc1cccc(NC(N)=NCC(C)(C)N(C)C)c1. The fourth-order valence-electron chi connectivity index (χ4n) is 1.48. The van der Waals surface area contributed by atoms with Crippen molar-refractivity contribution in [3.8, 4) is 0 Å². The Bertz CT molecular complexity index is 436. The summed E-state index contributed by atoms with van der Waals surface area (Å²) in [5.74, 6) is 0.461. The van der Waals surface area contributed by atoms with Crippen LogP contribution in [-0.2, 0) is 6.42 Å². The largest absolute Gasteiger partial charge is 0.370 e. The molecule has 0 aliphatic rings. The molecule has 0 unspecified atom stereocenters. The molecule has 0 fully saturated rings. The molecule has 0 aliphatic carbocycles. The van der Waals surface area contributed by atoms with E-state index < -0.39 is 0 Å². The highest BCUT2D eigenvalue weighted by atomic mass is 15.2. The first kappa shape index (κ1) is 15.5. The van der Waals surface area contributed by atoms with Crippen LogP contribution in [0.4, 0.5) is 5.69 Å². The van der Waals surface area contributed by atoms with Gasteiger partial charge in [-0.3, -0.25) is 4.99 Å². The van der Waals surface area contributed by atoms with Crippen LogP contribution in [-0.4, -0.2) is 37.0 Å². The smallest absolute Gasteiger partial charge is 0.193 e. The van der Waals surface area contributed by atoms with Gasteiger partial charge in [0.15, 0.2) is 5.96 Å². The van der Waals surface area contributed by atoms with Crippen LogP contribution in [0.2, 0.25) is 0 Å². The second-order valence-electron chi connectivity index (χ2n) is 5.59. The van der Waals surface area contributed by atoms with E-state index in [1.807, 2.05) is 26.2 Å². The summed E-state index contributed by atoms with van der Waals surface area (Å²) in [4.78, 5) is 6.55. The highest BCUT2D eigenvalue weighted by molar-refractivity contribution is 5.92. The Hall–Kier alpha value is -1.55. The molecule has 1 rings (SSSR count).